The van der Waals surface area contributed by atoms with E-state index in [0.29, 0.717) is 12.8 Å². The van der Waals surface area contributed by atoms with Crippen LogP contribution in [0.1, 0.15) is 30.7 Å². The zero-order valence-corrected chi connectivity index (χ0v) is 9.55. The Bertz CT molecular complexity index is 485. The van der Waals surface area contributed by atoms with E-state index in [1.54, 1.807) is 23.8 Å². The van der Waals surface area contributed by atoms with E-state index in [-0.39, 0.29) is 5.78 Å². The average Bonchev–Trinajstić information content (AvgIpc) is 2.83. The summed E-state index contributed by atoms with van der Waals surface area (Å²) in [6, 6.07) is 0. The number of thiazole rings is 1. The molecule has 0 fully saturated rings. The highest BCUT2D eigenvalue weighted by atomic mass is 32.1. The average molecular weight is 233 g/mol. The second-order valence-corrected chi connectivity index (χ2v) is 4.85. The van der Waals surface area contributed by atoms with Crippen LogP contribution in [0.3, 0.4) is 0 Å². The third-order valence-corrected chi connectivity index (χ3v) is 3.75. The first-order valence-electron chi connectivity index (χ1n) is 5.35. The molecule has 3 rings (SSSR count). The maximum Gasteiger partial charge on any atom is 0.162 e. The molecule has 1 aromatic rings. The smallest absolute Gasteiger partial charge is 0.162 e. The molecule has 16 heavy (non-hydrogen) atoms. The first-order chi connectivity index (χ1) is 7.84. The molecule has 1 aromatic heterocycles. The van der Waals surface area contributed by atoms with Crippen LogP contribution in [-0.2, 0) is 9.53 Å². The van der Waals surface area contributed by atoms with Gasteiger partial charge in [-0.3, -0.25) is 4.79 Å². The summed E-state index contributed by atoms with van der Waals surface area (Å²) in [6.45, 7) is 0. The number of carbonyl (C=O) groups is 1. The number of hydrogen-bond acceptors (Lipinski definition) is 4. The van der Waals surface area contributed by atoms with Crippen LogP contribution in [0, 0.1) is 0 Å². The molecular formula is C12H11NO2S. The summed E-state index contributed by atoms with van der Waals surface area (Å²) in [7, 11) is 0. The van der Waals surface area contributed by atoms with Crippen molar-refractivity contribution in [3.63, 3.8) is 0 Å². The molecule has 0 unspecified atom stereocenters. The van der Waals surface area contributed by atoms with E-state index in [1.807, 2.05) is 5.38 Å². The summed E-state index contributed by atoms with van der Waals surface area (Å²) in [6.07, 6.45) is 6.67. The van der Waals surface area contributed by atoms with Crippen molar-refractivity contribution in [1.82, 2.24) is 4.98 Å². The Morgan fingerprint density at radius 1 is 1.38 bits per heavy atom. The maximum absolute atomic E-state index is 11.8. The lowest BCUT2D eigenvalue weighted by Gasteiger charge is -2.22. The Hall–Kier alpha value is -1.42. The van der Waals surface area contributed by atoms with Crippen molar-refractivity contribution in [2.75, 3.05) is 0 Å². The summed E-state index contributed by atoms with van der Waals surface area (Å²) < 4.78 is 5.55. The van der Waals surface area contributed by atoms with Crippen molar-refractivity contribution >= 4 is 22.7 Å². The SMILES string of the molecule is O=C1CCCC2=C1CC(c1nccs1)=CO2. The highest BCUT2D eigenvalue weighted by Gasteiger charge is 2.26. The van der Waals surface area contributed by atoms with E-state index < -0.39 is 0 Å². The number of nitrogens with zero attached hydrogens (tertiary/aromatic N) is 1. The van der Waals surface area contributed by atoms with Crippen LogP contribution in [0.4, 0.5) is 0 Å². The second-order valence-electron chi connectivity index (χ2n) is 3.95. The van der Waals surface area contributed by atoms with Crippen LogP contribution in [0.2, 0.25) is 0 Å². The van der Waals surface area contributed by atoms with Gasteiger partial charge in [0.25, 0.3) is 0 Å². The molecule has 0 bridgehead atoms. The summed E-state index contributed by atoms with van der Waals surface area (Å²) in [5.41, 5.74) is 1.88. The van der Waals surface area contributed by atoms with Crippen LogP contribution in [0.5, 0.6) is 0 Å². The van der Waals surface area contributed by atoms with Gasteiger partial charge in [-0.05, 0) is 6.42 Å². The van der Waals surface area contributed by atoms with Gasteiger partial charge < -0.3 is 4.74 Å². The second kappa shape index (κ2) is 3.87. The summed E-state index contributed by atoms with van der Waals surface area (Å²) in [5, 5.41) is 2.88. The normalized spacial score (nSPS) is 20.2. The molecule has 2 aliphatic rings. The molecule has 0 atom stereocenters. The first kappa shape index (κ1) is 9.78. The molecule has 0 amide bonds. The molecule has 0 spiro atoms. The van der Waals surface area contributed by atoms with E-state index in [1.165, 1.54) is 0 Å². The standard InChI is InChI=1S/C12H11NO2S/c14-10-2-1-3-11-9(10)6-8(7-15-11)12-13-4-5-16-12/h4-5,7H,1-3,6H2. The van der Waals surface area contributed by atoms with Gasteiger partial charge in [0, 0.05) is 42.0 Å². The Morgan fingerprint density at radius 2 is 2.31 bits per heavy atom. The molecule has 2 heterocycles. The highest BCUT2D eigenvalue weighted by molar-refractivity contribution is 7.10. The topological polar surface area (TPSA) is 39.2 Å². The van der Waals surface area contributed by atoms with Crippen molar-refractivity contribution in [3.8, 4) is 0 Å². The van der Waals surface area contributed by atoms with E-state index in [9.17, 15) is 4.79 Å². The van der Waals surface area contributed by atoms with Crippen LogP contribution < -0.4 is 0 Å². The lowest BCUT2D eigenvalue weighted by atomic mass is 9.90. The lowest BCUT2D eigenvalue weighted by Crippen LogP contribution is -2.15. The number of allylic oxidation sites excluding steroid dienone is 3. The summed E-state index contributed by atoms with van der Waals surface area (Å²) in [5.74, 6) is 1.11. The third-order valence-electron chi connectivity index (χ3n) is 2.90. The Kier molecular flexibility index (Phi) is 2.36. The number of Topliss-reactive ketones (excluding diaryl/α,β-unsaturated/α-hetero) is 1. The molecule has 0 aromatic carbocycles. The molecule has 4 heteroatoms. The number of rotatable bonds is 1. The molecule has 1 aliphatic heterocycles. The maximum atomic E-state index is 11.8. The van der Waals surface area contributed by atoms with Gasteiger partial charge in [-0.2, -0.15) is 0 Å². The van der Waals surface area contributed by atoms with Crippen LogP contribution >= 0.6 is 11.3 Å². The zero-order chi connectivity index (χ0) is 11.0. The van der Waals surface area contributed by atoms with Crippen molar-refractivity contribution in [3.05, 3.63) is 34.2 Å². The minimum atomic E-state index is 0.239. The van der Waals surface area contributed by atoms with Gasteiger partial charge in [0.2, 0.25) is 0 Å². The number of ketones is 1. The number of hydrogen-bond donors (Lipinski definition) is 0. The van der Waals surface area contributed by atoms with E-state index in [2.05, 4.69) is 4.98 Å². The van der Waals surface area contributed by atoms with E-state index >= 15 is 0 Å². The van der Waals surface area contributed by atoms with Gasteiger partial charge in [-0.15, -0.1) is 11.3 Å². The van der Waals surface area contributed by atoms with Gasteiger partial charge in [-0.1, -0.05) is 0 Å². The van der Waals surface area contributed by atoms with Crippen molar-refractivity contribution in [2.24, 2.45) is 0 Å². The molecule has 0 radical (unpaired) electrons. The fourth-order valence-corrected chi connectivity index (χ4v) is 2.72. The third kappa shape index (κ3) is 1.59. The lowest BCUT2D eigenvalue weighted by molar-refractivity contribution is -0.116. The number of ether oxygens (including phenoxy) is 1. The predicted octanol–water partition coefficient (Wildman–Crippen LogP) is 2.91. The minimum Gasteiger partial charge on any atom is -0.469 e. The van der Waals surface area contributed by atoms with Gasteiger partial charge in [-0.25, -0.2) is 4.98 Å². The van der Waals surface area contributed by atoms with Crippen LogP contribution in [-0.4, -0.2) is 10.8 Å². The monoisotopic (exact) mass is 233 g/mol. The minimum absolute atomic E-state index is 0.239. The molecule has 0 saturated carbocycles. The fourth-order valence-electron chi connectivity index (χ4n) is 2.08. The molecule has 82 valence electrons. The Labute approximate surface area is 97.5 Å². The zero-order valence-electron chi connectivity index (χ0n) is 8.73. The molecular weight excluding hydrogens is 222 g/mol. The quantitative estimate of drug-likeness (QED) is 0.748. The first-order valence-corrected chi connectivity index (χ1v) is 6.23. The van der Waals surface area contributed by atoms with Gasteiger partial charge in [0.05, 0.1) is 6.26 Å². The number of carbonyl (C=O) groups excluding carboxylic acids is 1. The van der Waals surface area contributed by atoms with Crippen molar-refractivity contribution in [1.29, 1.82) is 0 Å². The summed E-state index contributed by atoms with van der Waals surface area (Å²) in [4.78, 5) is 16.0. The Balaban J connectivity index is 1.89. The van der Waals surface area contributed by atoms with Crippen molar-refractivity contribution in [2.45, 2.75) is 25.7 Å². The summed E-state index contributed by atoms with van der Waals surface area (Å²) >= 11 is 1.58. The molecule has 1 aliphatic carbocycles. The van der Waals surface area contributed by atoms with Crippen molar-refractivity contribution < 1.29 is 9.53 Å². The van der Waals surface area contributed by atoms with E-state index in [0.717, 1.165) is 34.8 Å². The Morgan fingerprint density at radius 3 is 3.12 bits per heavy atom. The van der Waals surface area contributed by atoms with Crippen LogP contribution in [0.25, 0.3) is 5.57 Å². The van der Waals surface area contributed by atoms with Crippen LogP contribution in [0.15, 0.2) is 29.2 Å². The van der Waals surface area contributed by atoms with Gasteiger partial charge in [0.1, 0.15) is 10.8 Å². The van der Waals surface area contributed by atoms with Gasteiger partial charge in [0.15, 0.2) is 5.78 Å². The molecule has 3 nitrogen and oxygen atoms in total. The van der Waals surface area contributed by atoms with E-state index in [4.69, 9.17) is 4.74 Å². The molecule has 0 saturated heterocycles. The molecule has 0 N–H and O–H groups in total. The fraction of sp³-hybridized carbons (Fsp3) is 0.333. The predicted molar refractivity (Wildman–Crippen MR) is 61.7 cm³/mol. The largest absolute Gasteiger partial charge is 0.469 e. The van der Waals surface area contributed by atoms with Gasteiger partial charge >= 0.3 is 0 Å². The highest BCUT2D eigenvalue weighted by Crippen LogP contribution is 2.35. The number of aromatic nitrogens is 1.